The quantitative estimate of drug-likeness (QED) is 0.228. The second kappa shape index (κ2) is 6.57. The molecule has 1 aliphatic rings. The van der Waals surface area contributed by atoms with Crippen LogP contribution in [0, 0.1) is 0 Å². The number of oxazole rings is 1. The van der Waals surface area contributed by atoms with E-state index in [0.29, 0.717) is 38.3 Å². The second-order valence-corrected chi connectivity index (χ2v) is 8.80. The SMILES string of the molecule is O=C1C(=Cc2nc3oc(-c4cc5ccccc5o4)nc3s2)C(=O)c2cc3ccccc3cc21. The molecule has 1 aliphatic carbocycles. The number of Topliss-reactive ketones (excluding diaryl/α,β-unsaturated/α-hetero) is 2. The van der Waals surface area contributed by atoms with Crippen molar-refractivity contribution >= 4 is 61.3 Å². The number of nitrogens with zero attached hydrogens (tertiary/aromatic N) is 2. The maximum absolute atomic E-state index is 13.0. The zero-order valence-electron chi connectivity index (χ0n) is 16.9. The molecule has 0 saturated carbocycles. The van der Waals surface area contributed by atoms with Crippen molar-refractivity contribution in [2.45, 2.75) is 0 Å². The topological polar surface area (TPSA) is 86.2 Å². The standard InChI is InChI=1S/C26H12N2O4S/c29-22-16-9-13-5-1-2-6-14(13)10-17(16)23(30)18(22)12-21-27-25-26(33-21)28-24(32-25)20-11-15-7-3-4-8-19(15)31-20/h1-12H. The zero-order valence-corrected chi connectivity index (χ0v) is 17.7. The van der Waals surface area contributed by atoms with Crippen molar-refractivity contribution in [1.82, 2.24) is 9.97 Å². The normalized spacial score (nSPS) is 13.5. The molecule has 6 nitrogen and oxygen atoms in total. The molecule has 0 amide bonds. The first-order valence-electron chi connectivity index (χ1n) is 10.2. The molecule has 0 N–H and O–H groups in total. The number of benzene rings is 3. The van der Waals surface area contributed by atoms with Gasteiger partial charge in [0, 0.05) is 16.5 Å². The number of para-hydroxylation sites is 1. The summed E-state index contributed by atoms with van der Waals surface area (Å²) in [5.41, 5.74) is 2.04. The number of fused-ring (bicyclic) bond motifs is 4. The molecule has 3 aromatic heterocycles. The van der Waals surface area contributed by atoms with Gasteiger partial charge in [-0.2, -0.15) is 9.97 Å². The molecule has 0 spiro atoms. The Morgan fingerprint density at radius 1 is 0.758 bits per heavy atom. The molecule has 156 valence electrons. The van der Waals surface area contributed by atoms with Crippen LogP contribution in [-0.4, -0.2) is 21.5 Å². The van der Waals surface area contributed by atoms with Crippen LogP contribution in [0.2, 0.25) is 0 Å². The van der Waals surface area contributed by atoms with Crippen LogP contribution in [0.1, 0.15) is 25.7 Å². The summed E-state index contributed by atoms with van der Waals surface area (Å²) in [6.45, 7) is 0. The Morgan fingerprint density at radius 2 is 1.42 bits per heavy atom. The molecule has 0 atom stereocenters. The number of hydrogen-bond donors (Lipinski definition) is 0. The number of rotatable bonds is 2. The van der Waals surface area contributed by atoms with Crippen LogP contribution in [0.3, 0.4) is 0 Å². The lowest BCUT2D eigenvalue weighted by atomic mass is 10.0. The highest BCUT2D eigenvalue weighted by Crippen LogP contribution is 2.35. The van der Waals surface area contributed by atoms with E-state index in [1.165, 1.54) is 17.4 Å². The number of hydrogen-bond acceptors (Lipinski definition) is 7. The Bertz CT molecular complexity index is 1700. The molecular formula is C26H12N2O4S. The lowest BCUT2D eigenvalue weighted by molar-refractivity contribution is 0.0990. The van der Waals surface area contributed by atoms with Crippen molar-refractivity contribution in [1.29, 1.82) is 0 Å². The van der Waals surface area contributed by atoms with E-state index in [2.05, 4.69) is 9.97 Å². The van der Waals surface area contributed by atoms with Crippen LogP contribution in [-0.2, 0) is 0 Å². The van der Waals surface area contributed by atoms with Gasteiger partial charge in [-0.3, -0.25) is 9.59 Å². The summed E-state index contributed by atoms with van der Waals surface area (Å²) in [5.74, 6) is 0.281. The van der Waals surface area contributed by atoms with E-state index in [4.69, 9.17) is 8.83 Å². The molecule has 0 bridgehead atoms. The predicted octanol–water partition coefficient (Wildman–Crippen LogP) is 6.31. The minimum Gasteiger partial charge on any atom is -0.451 e. The fraction of sp³-hybridized carbons (Fsp3) is 0. The highest BCUT2D eigenvalue weighted by atomic mass is 32.1. The average molecular weight is 448 g/mol. The summed E-state index contributed by atoms with van der Waals surface area (Å²) in [4.78, 5) is 35.4. The Labute approximate surface area is 189 Å². The summed E-state index contributed by atoms with van der Waals surface area (Å²) in [7, 11) is 0. The van der Waals surface area contributed by atoms with E-state index in [1.54, 1.807) is 12.1 Å². The molecule has 3 aromatic carbocycles. The van der Waals surface area contributed by atoms with Gasteiger partial charge >= 0.3 is 0 Å². The Hall–Kier alpha value is -4.36. The van der Waals surface area contributed by atoms with Crippen LogP contribution < -0.4 is 0 Å². The second-order valence-electron chi connectivity index (χ2n) is 7.79. The van der Waals surface area contributed by atoms with Crippen molar-refractivity contribution in [3.05, 3.63) is 88.4 Å². The molecule has 0 saturated heterocycles. The smallest absolute Gasteiger partial charge is 0.266 e. The molecular weight excluding hydrogens is 436 g/mol. The van der Waals surface area contributed by atoms with Gasteiger partial charge in [-0.25, -0.2) is 0 Å². The highest BCUT2D eigenvalue weighted by molar-refractivity contribution is 7.18. The van der Waals surface area contributed by atoms with Gasteiger partial charge in [0.15, 0.2) is 22.2 Å². The van der Waals surface area contributed by atoms with Crippen LogP contribution >= 0.6 is 11.3 Å². The third kappa shape index (κ3) is 2.73. The lowest BCUT2D eigenvalue weighted by Crippen LogP contribution is -2.00. The Kier molecular flexibility index (Phi) is 3.63. The fourth-order valence-corrected chi connectivity index (χ4v) is 4.98. The Balaban J connectivity index is 1.26. The molecule has 0 unspecified atom stereocenters. The molecule has 7 rings (SSSR count). The molecule has 0 aliphatic heterocycles. The van der Waals surface area contributed by atoms with Crippen LogP contribution in [0.25, 0.3) is 50.0 Å². The van der Waals surface area contributed by atoms with Crippen molar-refractivity contribution in [3.8, 4) is 11.7 Å². The summed E-state index contributed by atoms with van der Waals surface area (Å²) in [6, 6.07) is 20.8. The first-order chi connectivity index (χ1) is 16.1. The number of thiazole rings is 1. The number of aromatic nitrogens is 2. The van der Waals surface area contributed by atoms with Crippen molar-refractivity contribution < 1.29 is 18.4 Å². The molecule has 3 heterocycles. The molecule has 0 fully saturated rings. The van der Waals surface area contributed by atoms with Crippen LogP contribution in [0.15, 0.2) is 81.1 Å². The van der Waals surface area contributed by atoms with Gasteiger partial charge < -0.3 is 8.83 Å². The van der Waals surface area contributed by atoms with E-state index >= 15 is 0 Å². The Morgan fingerprint density at radius 3 is 2.09 bits per heavy atom. The first kappa shape index (κ1) is 18.2. The van der Waals surface area contributed by atoms with E-state index in [-0.39, 0.29) is 17.1 Å². The maximum Gasteiger partial charge on any atom is 0.266 e. The molecule has 33 heavy (non-hydrogen) atoms. The van der Waals surface area contributed by atoms with E-state index < -0.39 is 0 Å². The van der Waals surface area contributed by atoms with Gasteiger partial charge in [-0.1, -0.05) is 53.8 Å². The van der Waals surface area contributed by atoms with Gasteiger partial charge in [-0.05, 0) is 41.1 Å². The summed E-state index contributed by atoms with van der Waals surface area (Å²) in [5, 5.41) is 3.29. The van der Waals surface area contributed by atoms with E-state index in [0.717, 1.165) is 21.7 Å². The molecule has 6 aromatic rings. The van der Waals surface area contributed by atoms with E-state index in [9.17, 15) is 9.59 Å². The summed E-state index contributed by atoms with van der Waals surface area (Å²) < 4.78 is 11.6. The maximum atomic E-state index is 13.0. The van der Waals surface area contributed by atoms with Crippen molar-refractivity contribution in [3.63, 3.8) is 0 Å². The van der Waals surface area contributed by atoms with Crippen LogP contribution in [0.5, 0.6) is 0 Å². The first-order valence-corrected chi connectivity index (χ1v) is 11.1. The number of allylic oxidation sites excluding steroid dienone is 1. The average Bonchev–Trinajstić information content (AvgIpc) is 3.57. The third-order valence-corrected chi connectivity index (χ3v) is 6.64. The monoisotopic (exact) mass is 448 g/mol. The largest absolute Gasteiger partial charge is 0.451 e. The third-order valence-electron chi connectivity index (χ3n) is 5.76. The minimum absolute atomic E-state index is 0.106. The number of furan rings is 1. The molecule has 0 radical (unpaired) electrons. The minimum atomic E-state index is -0.288. The number of carbonyl (C=O) groups excluding carboxylic acids is 2. The number of carbonyl (C=O) groups is 2. The van der Waals surface area contributed by atoms with Gasteiger partial charge in [-0.15, -0.1) is 0 Å². The van der Waals surface area contributed by atoms with Crippen molar-refractivity contribution in [2.24, 2.45) is 0 Å². The van der Waals surface area contributed by atoms with Gasteiger partial charge in [0.05, 0.1) is 5.57 Å². The zero-order chi connectivity index (χ0) is 22.1. The fourth-order valence-electron chi connectivity index (χ4n) is 4.18. The number of ketones is 2. The lowest BCUT2D eigenvalue weighted by Gasteiger charge is -2.00. The summed E-state index contributed by atoms with van der Waals surface area (Å²) >= 11 is 1.25. The van der Waals surface area contributed by atoms with Crippen molar-refractivity contribution in [2.75, 3.05) is 0 Å². The highest BCUT2D eigenvalue weighted by Gasteiger charge is 2.33. The van der Waals surface area contributed by atoms with E-state index in [1.807, 2.05) is 54.6 Å². The van der Waals surface area contributed by atoms with Gasteiger partial charge in [0.25, 0.3) is 11.6 Å². The predicted molar refractivity (Wildman–Crippen MR) is 125 cm³/mol. The van der Waals surface area contributed by atoms with Crippen LogP contribution in [0.4, 0.5) is 0 Å². The van der Waals surface area contributed by atoms with Gasteiger partial charge in [0.2, 0.25) is 0 Å². The van der Waals surface area contributed by atoms with Gasteiger partial charge in [0.1, 0.15) is 10.6 Å². The molecule has 7 heteroatoms. The summed E-state index contributed by atoms with van der Waals surface area (Å²) in [6.07, 6.45) is 1.53.